The van der Waals surface area contributed by atoms with Crippen LogP contribution >= 0.6 is 0 Å². The van der Waals surface area contributed by atoms with E-state index in [9.17, 15) is 14.7 Å². The summed E-state index contributed by atoms with van der Waals surface area (Å²) in [6.45, 7) is 7.36. The topological polar surface area (TPSA) is 148 Å². The van der Waals surface area contributed by atoms with Crippen molar-refractivity contribution in [1.29, 1.82) is 0 Å². The second kappa shape index (κ2) is 16.5. The van der Waals surface area contributed by atoms with Gasteiger partial charge < -0.3 is 34.7 Å². The third-order valence-electron chi connectivity index (χ3n) is 16.0. The van der Waals surface area contributed by atoms with E-state index in [4.69, 9.17) is 23.8 Å². The monoisotopic (exact) mass is 893 g/mol. The highest BCUT2D eigenvalue weighted by Gasteiger charge is 2.76. The Morgan fingerprint density at radius 2 is 1.55 bits per heavy atom. The van der Waals surface area contributed by atoms with Gasteiger partial charge in [0.05, 0.1) is 24.9 Å². The zero-order valence-corrected chi connectivity index (χ0v) is 37.8. The number of aliphatic hydroxyl groups is 1. The van der Waals surface area contributed by atoms with Crippen LogP contribution in [0.25, 0.3) is 6.08 Å². The van der Waals surface area contributed by atoms with Gasteiger partial charge in [0.25, 0.3) is 5.91 Å². The highest BCUT2D eigenvalue weighted by atomic mass is 16.8. The molecule has 3 N–H and O–H groups in total. The Balaban J connectivity index is 0.903. The molecule has 2 bridgehead atoms. The molecule has 12 nitrogen and oxygen atoms in total. The van der Waals surface area contributed by atoms with Crippen molar-refractivity contribution >= 4 is 23.9 Å². The molecule has 3 saturated carbocycles. The quantitative estimate of drug-likeness (QED) is 0.106. The first-order valence-corrected chi connectivity index (χ1v) is 23.7. The molecular weight excluding hydrogens is 835 g/mol. The Morgan fingerprint density at radius 3 is 2.26 bits per heavy atom. The average Bonchev–Trinajstić information content (AvgIpc) is 3.59. The van der Waals surface area contributed by atoms with Crippen LogP contribution in [0.5, 0.6) is 0 Å². The number of hydrogen-bond donors (Lipinski definition) is 3. The van der Waals surface area contributed by atoms with Gasteiger partial charge in [-0.1, -0.05) is 123 Å². The van der Waals surface area contributed by atoms with Crippen molar-refractivity contribution in [3.63, 3.8) is 0 Å². The van der Waals surface area contributed by atoms with E-state index in [0.29, 0.717) is 34.5 Å². The first-order valence-electron chi connectivity index (χ1n) is 23.7. The molecule has 66 heavy (non-hydrogen) atoms. The number of rotatable bonds is 11. The minimum absolute atomic E-state index is 0.0325. The number of carbonyl (C=O) groups is 3. The minimum Gasteiger partial charge on any atom is -0.458 e. The number of ether oxygens (including phenoxy) is 4. The van der Waals surface area contributed by atoms with Crippen LogP contribution in [0.15, 0.2) is 115 Å². The van der Waals surface area contributed by atoms with Crippen LogP contribution in [0, 0.1) is 22.7 Å². The number of nitrogens with one attached hydrogen (secondary N) is 2. The molecule has 4 saturated heterocycles. The lowest BCUT2D eigenvalue weighted by Gasteiger charge is -2.53. The van der Waals surface area contributed by atoms with Crippen molar-refractivity contribution in [3.05, 3.63) is 148 Å². The highest BCUT2D eigenvalue weighted by Crippen LogP contribution is 2.61. The lowest BCUT2D eigenvalue weighted by molar-refractivity contribution is -0.213. The maximum atomic E-state index is 15.2. The van der Waals surface area contributed by atoms with E-state index in [1.165, 1.54) is 18.4 Å². The Hall–Kier alpha value is -5.21. The average molecular weight is 894 g/mol. The van der Waals surface area contributed by atoms with Gasteiger partial charge in [0, 0.05) is 36.2 Å². The number of benzene rings is 4. The van der Waals surface area contributed by atoms with Gasteiger partial charge in [0.1, 0.15) is 29.8 Å². The molecular formula is C54H59N3O9. The summed E-state index contributed by atoms with van der Waals surface area (Å²) in [6, 6.07) is 33.7. The first-order chi connectivity index (χ1) is 31.9. The van der Waals surface area contributed by atoms with Crippen LogP contribution in [0.2, 0.25) is 0 Å². The molecule has 12 heteroatoms. The summed E-state index contributed by atoms with van der Waals surface area (Å²) in [4.78, 5) is 49.4. The van der Waals surface area contributed by atoms with E-state index in [2.05, 4.69) is 61.7 Å². The number of amides is 2. The zero-order valence-electron chi connectivity index (χ0n) is 37.8. The van der Waals surface area contributed by atoms with Gasteiger partial charge in [-0.2, -0.15) is 5.06 Å². The minimum atomic E-state index is -1.42. The second-order valence-corrected chi connectivity index (χ2v) is 20.5. The Morgan fingerprint density at radius 1 is 0.818 bits per heavy atom. The molecule has 4 aliphatic heterocycles. The smallest absolute Gasteiger partial charge is 0.327 e. The third-order valence-corrected chi connectivity index (χ3v) is 16.0. The van der Waals surface area contributed by atoms with E-state index in [0.717, 1.165) is 41.5 Å². The molecule has 1 unspecified atom stereocenters. The molecule has 0 radical (unpaired) electrons. The largest absolute Gasteiger partial charge is 0.458 e. The van der Waals surface area contributed by atoms with Crippen molar-refractivity contribution in [2.45, 2.75) is 120 Å². The van der Waals surface area contributed by atoms with Crippen LogP contribution in [-0.4, -0.2) is 83.3 Å². The van der Waals surface area contributed by atoms with Crippen LogP contribution in [0.3, 0.4) is 0 Å². The van der Waals surface area contributed by atoms with Crippen LogP contribution in [0.1, 0.15) is 97.5 Å². The molecule has 3 aliphatic carbocycles. The summed E-state index contributed by atoms with van der Waals surface area (Å²) >= 11 is 0. The summed E-state index contributed by atoms with van der Waals surface area (Å²) in [5.74, 6) is -1.40. The molecule has 0 spiro atoms. The van der Waals surface area contributed by atoms with Gasteiger partial charge in [-0.05, 0) is 85.1 Å². The van der Waals surface area contributed by atoms with Crippen molar-refractivity contribution in [3.8, 4) is 0 Å². The fourth-order valence-electron chi connectivity index (χ4n) is 12.4. The predicted molar refractivity (Wildman–Crippen MR) is 244 cm³/mol. The maximum absolute atomic E-state index is 15.2. The van der Waals surface area contributed by atoms with Crippen molar-refractivity contribution in [1.82, 2.24) is 15.7 Å². The van der Waals surface area contributed by atoms with Crippen LogP contribution < -0.4 is 10.6 Å². The summed E-state index contributed by atoms with van der Waals surface area (Å²) in [5.41, 5.74) is 5.13. The second-order valence-electron chi connectivity index (χ2n) is 20.5. The molecule has 4 aromatic rings. The van der Waals surface area contributed by atoms with Crippen molar-refractivity contribution < 1.29 is 43.3 Å². The number of esters is 1. The Kier molecular flexibility index (Phi) is 10.9. The van der Waals surface area contributed by atoms with E-state index in [1.807, 2.05) is 66.7 Å². The number of aliphatic hydroxyl groups excluding tert-OH is 1. The number of carbonyl (C=O) groups excluding carboxylic acids is 3. The molecule has 11 rings (SSSR count). The summed E-state index contributed by atoms with van der Waals surface area (Å²) in [5, 5.41) is 16.7. The fraction of sp³-hybridized carbons (Fsp3) is 0.463. The summed E-state index contributed by atoms with van der Waals surface area (Å²) < 4.78 is 26.7. The van der Waals surface area contributed by atoms with E-state index in [-0.39, 0.29) is 50.1 Å². The highest BCUT2D eigenvalue weighted by molar-refractivity contribution is 5.95. The van der Waals surface area contributed by atoms with E-state index >= 15 is 4.79 Å². The van der Waals surface area contributed by atoms with Crippen LogP contribution in [0.4, 0.5) is 0 Å². The molecule has 4 aromatic carbocycles. The van der Waals surface area contributed by atoms with Crippen LogP contribution in [-0.2, 0) is 52.3 Å². The molecule has 7 fully saturated rings. The number of nitrogens with zero attached hydrogens (tertiary/aromatic N) is 1. The number of epoxide rings is 1. The molecule has 7 aliphatic rings. The number of allylic oxidation sites excluding steroid dienone is 1. The SMILES string of the molecule is CC1(C)C[C@@H]2C(=Cc3ccc(CN4O[C@@H]5[C@H]6OC(c7ccccc7)(c7ccccc7)O[C@H]6[C@@H]6C[C@]5(C(=O)NCc5cccc(C(=O)NCCO)c5)[C@@H]4C(=O)O6)cc3)CCC3O[C@]3(C)CC[C@H]21. The standard InChI is InChI=1S/C54H59N3O9/c1-51(2)29-40-36(21-22-43-52(3,63-43)24-23-41(40)51)27-33-17-19-34(20-18-33)32-57-46-49(60)62-42-30-53(46,50(61)56-31-35-11-10-12-37(28-35)48(59)55-25-26-58)47(66-57)45-44(42)64-54(65-45,38-13-6-4-7-14-38)39-15-8-5-9-16-39/h4-20,27-28,40-47,58H,21-26,29-32H2,1-3H3,(H,55,59)(H,56,61)/t40-,41-,42+,43?,44+,45+,46+,47-,52-,53+/m1/s1. The van der Waals surface area contributed by atoms with Gasteiger partial charge in [0.15, 0.2) is 6.04 Å². The lowest BCUT2D eigenvalue weighted by atomic mass is 9.52. The maximum Gasteiger partial charge on any atom is 0.327 e. The molecule has 2 amide bonds. The van der Waals surface area contributed by atoms with Gasteiger partial charge in [-0.3, -0.25) is 19.2 Å². The predicted octanol–water partition coefficient (Wildman–Crippen LogP) is 6.99. The number of hydrogen-bond acceptors (Lipinski definition) is 10. The Bertz CT molecular complexity index is 2490. The number of fused-ring (bicyclic) bond motifs is 6. The lowest BCUT2D eigenvalue weighted by Crippen LogP contribution is -2.69. The van der Waals surface area contributed by atoms with E-state index < -0.39 is 47.6 Å². The molecule has 0 aromatic heterocycles. The zero-order chi connectivity index (χ0) is 45.4. The van der Waals surface area contributed by atoms with Gasteiger partial charge in [0.2, 0.25) is 11.7 Å². The van der Waals surface area contributed by atoms with E-state index in [1.54, 1.807) is 23.3 Å². The normalized spacial score (nSPS) is 34.0. The molecule has 344 valence electrons. The molecule has 10 atom stereocenters. The van der Waals surface area contributed by atoms with Gasteiger partial charge in [-0.25, -0.2) is 0 Å². The summed E-state index contributed by atoms with van der Waals surface area (Å²) in [7, 11) is 0. The third kappa shape index (κ3) is 7.32. The van der Waals surface area contributed by atoms with Crippen molar-refractivity contribution in [2.24, 2.45) is 22.7 Å². The van der Waals surface area contributed by atoms with Gasteiger partial charge >= 0.3 is 5.97 Å². The number of hydroxylamine groups is 2. The van der Waals surface area contributed by atoms with Crippen molar-refractivity contribution in [2.75, 3.05) is 13.2 Å². The first kappa shape index (κ1) is 43.4. The Labute approximate surface area is 385 Å². The summed E-state index contributed by atoms with van der Waals surface area (Å²) in [6.07, 6.45) is 5.21. The molecule has 4 heterocycles. The van der Waals surface area contributed by atoms with Gasteiger partial charge in [-0.15, -0.1) is 0 Å². The fourth-order valence-corrected chi connectivity index (χ4v) is 12.4.